The van der Waals surface area contributed by atoms with Crippen molar-refractivity contribution in [3.8, 4) is 5.75 Å². The average molecular weight is 310 g/mol. The third kappa shape index (κ3) is 4.18. The largest absolute Gasteiger partial charge is 0.629 e. The van der Waals surface area contributed by atoms with Crippen molar-refractivity contribution >= 4 is 5.69 Å². The van der Waals surface area contributed by atoms with Gasteiger partial charge in [-0.2, -0.15) is 0 Å². The fraction of sp³-hybridized carbons (Fsp3) is 0.625. The summed E-state index contributed by atoms with van der Waals surface area (Å²) in [5.41, 5.74) is 1.70. The maximum Gasteiger partial charge on any atom is 0.138 e. The molecule has 4 N–H and O–H groups in total. The van der Waals surface area contributed by atoms with Crippen molar-refractivity contribution in [1.82, 2.24) is 5.32 Å². The van der Waals surface area contributed by atoms with Crippen molar-refractivity contribution < 1.29 is 20.0 Å². The Balaban J connectivity index is 1.87. The number of hydroxylamine groups is 1. The highest BCUT2D eigenvalue weighted by molar-refractivity contribution is 5.53. The van der Waals surface area contributed by atoms with Crippen LogP contribution in [0, 0.1) is 5.21 Å². The second-order valence-corrected chi connectivity index (χ2v) is 6.03. The van der Waals surface area contributed by atoms with E-state index in [9.17, 15) is 10.3 Å². The minimum absolute atomic E-state index is 0.128. The minimum atomic E-state index is -0.635. The molecule has 0 saturated heterocycles. The first-order chi connectivity index (χ1) is 10.5. The van der Waals surface area contributed by atoms with Gasteiger partial charge < -0.3 is 30.5 Å². The second-order valence-electron chi connectivity index (χ2n) is 6.03. The third-order valence-electron chi connectivity index (χ3n) is 4.05. The molecule has 0 radical (unpaired) electrons. The highest BCUT2D eigenvalue weighted by atomic mass is 16.5. The van der Waals surface area contributed by atoms with Crippen LogP contribution in [0.2, 0.25) is 0 Å². The topological polar surface area (TPSA) is 89.2 Å². The van der Waals surface area contributed by atoms with E-state index in [-0.39, 0.29) is 30.2 Å². The fourth-order valence-electron chi connectivity index (χ4n) is 2.79. The molecule has 6 heteroatoms. The monoisotopic (exact) mass is 310 g/mol. The molecule has 0 bridgehead atoms. The Morgan fingerprint density at radius 3 is 3.00 bits per heavy atom. The number of rotatable bonds is 8. The summed E-state index contributed by atoms with van der Waals surface area (Å²) in [4.78, 5) is 0. The Kier molecular flexibility index (Phi) is 6.16. The molecule has 6 nitrogen and oxygen atoms in total. The Hall–Kier alpha value is -1.18. The van der Waals surface area contributed by atoms with Gasteiger partial charge in [-0.25, -0.2) is 0 Å². The number of nitrogens with one attached hydrogen (secondary N) is 2. The summed E-state index contributed by atoms with van der Waals surface area (Å²) in [6.07, 6.45) is 0.0174. The number of ether oxygens (including phenoxy) is 1. The lowest BCUT2D eigenvalue weighted by molar-refractivity contribution is -0.770. The molecule has 2 rings (SSSR count). The fourth-order valence-corrected chi connectivity index (χ4v) is 2.79. The summed E-state index contributed by atoms with van der Waals surface area (Å²) in [7, 11) is 0. The van der Waals surface area contributed by atoms with Crippen LogP contribution in [0.3, 0.4) is 0 Å². The van der Waals surface area contributed by atoms with E-state index in [0.717, 1.165) is 11.3 Å². The first-order valence-corrected chi connectivity index (χ1v) is 7.84. The van der Waals surface area contributed by atoms with Crippen molar-refractivity contribution in [1.29, 1.82) is 0 Å². The van der Waals surface area contributed by atoms with E-state index in [1.165, 1.54) is 0 Å². The molecular weight excluding hydrogens is 284 g/mol. The summed E-state index contributed by atoms with van der Waals surface area (Å²) >= 11 is 0. The van der Waals surface area contributed by atoms with Crippen molar-refractivity contribution in [2.45, 2.75) is 38.3 Å². The summed E-state index contributed by atoms with van der Waals surface area (Å²) in [5.74, 6) is 0.858. The van der Waals surface area contributed by atoms with E-state index < -0.39 is 6.10 Å². The summed E-state index contributed by atoms with van der Waals surface area (Å²) in [6, 6.07) is 5.65. The van der Waals surface area contributed by atoms with Gasteiger partial charge in [-0.15, -0.1) is 0 Å². The van der Waals surface area contributed by atoms with Gasteiger partial charge in [0.2, 0.25) is 0 Å². The van der Waals surface area contributed by atoms with E-state index in [0.29, 0.717) is 25.3 Å². The van der Waals surface area contributed by atoms with Crippen LogP contribution in [-0.4, -0.2) is 48.7 Å². The van der Waals surface area contributed by atoms with E-state index >= 15 is 0 Å². The number of aliphatic hydroxyl groups excluding tert-OH is 2. The number of aliphatic hydroxyl groups is 2. The molecule has 1 aliphatic rings. The van der Waals surface area contributed by atoms with Crippen molar-refractivity contribution in [2.75, 3.05) is 26.3 Å². The molecule has 1 aromatic rings. The third-order valence-corrected chi connectivity index (χ3v) is 4.05. The SMILES string of the molecule is CC(CCO)NCC(O)COc1cccc2c1C(C)C[NH+]2[O-]. The Bertz CT molecular complexity index is 483. The molecule has 0 aliphatic carbocycles. The lowest BCUT2D eigenvalue weighted by Gasteiger charge is -2.18. The van der Waals surface area contributed by atoms with Crippen LogP contribution in [0.5, 0.6) is 5.75 Å². The number of hydrogen-bond acceptors (Lipinski definition) is 5. The van der Waals surface area contributed by atoms with E-state index in [1.54, 1.807) is 0 Å². The molecule has 1 aliphatic heterocycles. The highest BCUT2D eigenvalue weighted by Crippen LogP contribution is 2.34. The normalized spacial score (nSPS) is 23.1. The van der Waals surface area contributed by atoms with Gasteiger partial charge in [0, 0.05) is 25.1 Å². The van der Waals surface area contributed by atoms with Gasteiger partial charge in [-0.3, -0.25) is 0 Å². The van der Waals surface area contributed by atoms with E-state index in [4.69, 9.17) is 9.84 Å². The van der Waals surface area contributed by atoms with Gasteiger partial charge in [0.15, 0.2) is 0 Å². The van der Waals surface area contributed by atoms with Crippen LogP contribution in [0.1, 0.15) is 31.7 Å². The van der Waals surface area contributed by atoms with Crippen molar-refractivity contribution in [3.63, 3.8) is 0 Å². The summed E-state index contributed by atoms with van der Waals surface area (Å²) < 4.78 is 5.73. The molecule has 4 unspecified atom stereocenters. The predicted molar refractivity (Wildman–Crippen MR) is 84.4 cm³/mol. The first kappa shape index (κ1) is 17.2. The molecular formula is C16H26N2O4. The van der Waals surface area contributed by atoms with E-state index in [1.807, 2.05) is 32.0 Å². The van der Waals surface area contributed by atoms with Gasteiger partial charge in [0.05, 0.1) is 12.1 Å². The van der Waals surface area contributed by atoms with Gasteiger partial charge in [0.25, 0.3) is 0 Å². The highest BCUT2D eigenvalue weighted by Gasteiger charge is 2.29. The zero-order valence-electron chi connectivity index (χ0n) is 13.2. The molecule has 1 heterocycles. The smallest absolute Gasteiger partial charge is 0.138 e. The molecule has 0 fully saturated rings. The molecule has 0 aromatic heterocycles. The Labute approximate surface area is 131 Å². The van der Waals surface area contributed by atoms with E-state index in [2.05, 4.69) is 5.32 Å². The standard InChI is InChI=1S/C16H26N2O4/c1-11-9-18(21)14-4-3-5-15(16(11)14)22-10-13(20)8-17-12(2)6-7-19/h3-5,11-13,17-20H,6-10H2,1-2H3. The molecule has 0 saturated carbocycles. The Morgan fingerprint density at radius 2 is 2.27 bits per heavy atom. The molecule has 0 amide bonds. The first-order valence-electron chi connectivity index (χ1n) is 7.84. The van der Waals surface area contributed by atoms with Crippen molar-refractivity contribution in [2.24, 2.45) is 0 Å². The van der Waals surface area contributed by atoms with Crippen LogP contribution in [0.15, 0.2) is 18.2 Å². The average Bonchev–Trinajstić information content (AvgIpc) is 2.79. The van der Waals surface area contributed by atoms with Crippen molar-refractivity contribution in [3.05, 3.63) is 29.0 Å². The summed E-state index contributed by atoms with van der Waals surface area (Å²) in [5, 5.41) is 34.0. The lowest BCUT2D eigenvalue weighted by Crippen LogP contribution is -3.00. The van der Waals surface area contributed by atoms with Crippen LogP contribution in [0.4, 0.5) is 5.69 Å². The van der Waals surface area contributed by atoms with Crippen LogP contribution >= 0.6 is 0 Å². The Morgan fingerprint density at radius 1 is 1.50 bits per heavy atom. The van der Waals surface area contributed by atoms with Gasteiger partial charge >= 0.3 is 0 Å². The number of fused-ring (bicyclic) bond motifs is 1. The number of benzene rings is 1. The molecule has 1 aromatic carbocycles. The van der Waals surface area contributed by atoms with Gasteiger partial charge in [-0.1, -0.05) is 13.0 Å². The lowest BCUT2D eigenvalue weighted by atomic mass is 10.0. The minimum Gasteiger partial charge on any atom is -0.629 e. The maximum absolute atomic E-state index is 11.9. The van der Waals surface area contributed by atoms with Crippen LogP contribution in [-0.2, 0) is 0 Å². The molecule has 124 valence electrons. The zero-order chi connectivity index (χ0) is 16.1. The quantitative estimate of drug-likeness (QED) is 0.504. The van der Waals surface area contributed by atoms with Crippen LogP contribution in [0.25, 0.3) is 0 Å². The predicted octanol–water partition coefficient (Wildman–Crippen LogP) is -0.0819. The number of quaternary nitrogens is 1. The summed E-state index contributed by atoms with van der Waals surface area (Å²) in [6.45, 7) is 5.22. The van der Waals surface area contributed by atoms with Gasteiger partial charge in [0.1, 0.15) is 24.1 Å². The molecule has 0 spiro atoms. The van der Waals surface area contributed by atoms with Crippen LogP contribution < -0.4 is 15.1 Å². The molecule has 4 atom stereocenters. The zero-order valence-corrected chi connectivity index (χ0v) is 13.2. The number of hydrogen-bond donors (Lipinski definition) is 4. The van der Waals surface area contributed by atoms with Gasteiger partial charge in [-0.05, 0) is 25.5 Å². The second kappa shape index (κ2) is 7.89. The molecule has 22 heavy (non-hydrogen) atoms. The maximum atomic E-state index is 11.9.